The number of fused-ring (bicyclic) bond motifs is 22. The second-order valence-corrected chi connectivity index (χ2v) is 17.5. The van der Waals surface area contributed by atoms with Gasteiger partial charge in [0.15, 0.2) is 0 Å². The average molecular weight is 763 g/mol. The van der Waals surface area contributed by atoms with E-state index in [-0.39, 0.29) is 5.41 Å². The smallest absolute Gasteiger partial charge is 0.0726 e. The Morgan fingerprint density at radius 3 is 1.43 bits per heavy atom. The van der Waals surface area contributed by atoms with Crippen LogP contribution in [0.25, 0.3) is 88.4 Å². The summed E-state index contributed by atoms with van der Waals surface area (Å²) in [6.45, 7) is 4.88. The molecule has 0 aliphatic heterocycles. The van der Waals surface area contributed by atoms with Gasteiger partial charge in [-0.15, -0.1) is 0 Å². The van der Waals surface area contributed by atoms with Gasteiger partial charge in [0.2, 0.25) is 0 Å². The van der Waals surface area contributed by atoms with E-state index >= 15 is 0 Å². The molecule has 0 radical (unpaired) electrons. The lowest BCUT2D eigenvalue weighted by molar-refractivity contribution is 0.667. The number of rotatable bonds is 2. The molecule has 3 aliphatic rings. The average Bonchev–Trinajstić information content (AvgIpc) is 4.05. The van der Waals surface area contributed by atoms with E-state index in [1.165, 1.54) is 122 Å². The van der Waals surface area contributed by atoms with Gasteiger partial charge in [-0.25, -0.2) is 0 Å². The molecule has 0 bridgehead atoms. The number of nitrogens with zero attached hydrogens (tertiary/aromatic N) is 2. The Hall–Kier alpha value is -7.42. The van der Waals surface area contributed by atoms with Gasteiger partial charge in [-0.1, -0.05) is 172 Å². The van der Waals surface area contributed by atoms with Crippen LogP contribution in [0.2, 0.25) is 0 Å². The number of para-hydroxylation sites is 3. The second-order valence-electron chi connectivity index (χ2n) is 17.5. The van der Waals surface area contributed by atoms with Crippen LogP contribution >= 0.6 is 0 Å². The van der Waals surface area contributed by atoms with Crippen LogP contribution in [0.4, 0.5) is 0 Å². The van der Waals surface area contributed by atoms with E-state index in [2.05, 4.69) is 217 Å². The summed E-state index contributed by atoms with van der Waals surface area (Å²) in [5.74, 6) is 0. The maximum absolute atomic E-state index is 2.62. The zero-order chi connectivity index (χ0) is 39.5. The fraction of sp³-hybridized carbons (Fsp3) is 0.0690. The van der Waals surface area contributed by atoms with Gasteiger partial charge in [-0.2, -0.15) is 0 Å². The highest BCUT2D eigenvalue weighted by molar-refractivity contribution is 6.31. The Morgan fingerprint density at radius 1 is 0.350 bits per heavy atom. The molecular formula is C58H38N2. The van der Waals surface area contributed by atoms with E-state index in [1.54, 1.807) is 0 Å². The summed E-state index contributed by atoms with van der Waals surface area (Å²) >= 11 is 0. The van der Waals surface area contributed by atoms with Gasteiger partial charge in [0, 0.05) is 43.9 Å². The predicted octanol–water partition coefficient (Wildman–Crippen LogP) is 14.5. The van der Waals surface area contributed by atoms with Crippen LogP contribution in [0, 0.1) is 0 Å². The summed E-state index contributed by atoms with van der Waals surface area (Å²) in [4.78, 5) is 0. The zero-order valence-electron chi connectivity index (χ0n) is 33.4. The molecule has 9 aromatic carbocycles. The molecule has 0 amide bonds. The van der Waals surface area contributed by atoms with Gasteiger partial charge in [0.05, 0.1) is 27.5 Å². The van der Waals surface area contributed by atoms with Crippen molar-refractivity contribution in [3.05, 3.63) is 228 Å². The van der Waals surface area contributed by atoms with Crippen molar-refractivity contribution in [1.82, 2.24) is 9.13 Å². The minimum atomic E-state index is -0.433. The van der Waals surface area contributed by atoms with Gasteiger partial charge < -0.3 is 9.13 Å². The Morgan fingerprint density at radius 2 is 0.817 bits per heavy atom. The van der Waals surface area contributed by atoms with Gasteiger partial charge >= 0.3 is 0 Å². The lowest BCUT2D eigenvalue weighted by Crippen LogP contribution is -2.26. The molecule has 2 aromatic heterocycles. The Bertz CT molecular complexity index is 3620. The summed E-state index contributed by atoms with van der Waals surface area (Å²) in [6, 6.07) is 73.1. The largest absolute Gasteiger partial charge is 0.309 e. The third-order valence-electron chi connectivity index (χ3n) is 14.5. The van der Waals surface area contributed by atoms with Gasteiger partial charge in [0.25, 0.3) is 0 Å². The van der Waals surface area contributed by atoms with Crippen molar-refractivity contribution < 1.29 is 0 Å². The first-order valence-electron chi connectivity index (χ1n) is 21.2. The Balaban J connectivity index is 1.20. The van der Waals surface area contributed by atoms with Crippen molar-refractivity contribution in [2.75, 3.05) is 0 Å². The highest BCUT2D eigenvalue weighted by atomic mass is 15.0. The van der Waals surface area contributed by atoms with E-state index in [0.717, 1.165) is 0 Å². The number of benzene rings is 9. The monoisotopic (exact) mass is 762 g/mol. The molecule has 2 heterocycles. The molecule has 3 aliphatic carbocycles. The molecule has 0 saturated carbocycles. The van der Waals surface area contributed by atoms with Crippen molar-refractivity contribution >= 4 is 43.6 Å². The first kappa shape index (κ1) is 32.5. The van der Waals surface area contributed by atoms with Crippen LogP contribution in [0.1, 0.15) is 47.2 Å². The summed E-state index contributed by atoms with van der Waals surface area (Å²) < 4.78 is 5.17. The van der Waals surface area contributed by atoms with Gasteiger partial charge in [-0.05, 0) is 97.6 Å². The first-order chi connectivity index (χ1) is 29.6. The second kappa shape index (κ2) is 11.2. The fourth-order valence-electron chi connectivity index (χ4n) is 12.3. The lowest BCUT2D eigenvalue weighted by Gasteiger charge is -2.30. The van der Waals surface area contributed by atoms with E-state index in [4.69, 9.17) is 0 Å². The molecule has 2 nitrogen and oxygen atoms in total. The summed E-state index contributed by atoms with van der Waals surface area (Å²) in [5.41, 5.74) is 22.8. The molecule has 1 spiro atoms. The van der Waals surface area contributed by atoms with Crippen molar-refractivity contribution in [2.24, 2.45) is 0 Å². The van der Waals surface area contributed by atoms with E-state index in [1.807, 2.05) is 0 Å². The van der Waals surface area contributed by atoms with Crippen molar-refractivity contribution in [2.45, 2.75) is 24.7 Å². The van der Waals surface area contributed by atoms with E-state index in [0.29, 0.717) is 0 Å². The Labute approximate surface area is 348 Å². The maximum Gasteiger partial charge on any atom is 0.0726 e. The standard InChI is InChI=1S/C58H38N2/c1-57(2)44-26-12-9-23-41(44)51-54(57)52-42-24-10-16-30-49(42)59(35-18-4-3-5-19-35)56(52)53-43-25-11-17-31-50(43)60(55(51)53)36-32-33-40-39-22-8-15-29-47(39)58(48(40)34-36)45-27-13-6-20-37(45)38-21-7-14-28-46(38)58/h3-34H,1-2H3. The van der Waals surface area contributed by atoms with Gasteiger partial charge in [0.1, 0.15) is 0 Å². The molecule has 0 atom stereocenters. The summed E-state index contributed by atoms with van der Waals surface area (Å²) in [6.07, 6.45) is 0. The minimum Gasteiger partial charge on any atom is -0.309 e. The fourth-order valence-corrected chi connectivity index (χ4v) is 12.3. The van der Waals surface area contributed by atoms with E-state index < -0.39 is 5.41 Å². The lowest BCUT2D eigenvalue weighted by atomic mass is 9.70. The van der Waals surface area contributed by atoms with Crippen molar-refractivity contribution in [1.29, 1.82) is 0 Å². The normalized spacial score (nSPS) is 14.8. The van der Waals surface area contributed by atoms with Crippen LogP contribution in [0.5, 0.6) is 0 Å². The molecule has 11 aromatic rings. The molecule has 0 saturated heterocycles. The SMILES string of the molecule is CC1(C)c2ccccc2-c2c1c1c3ccccc3n(-c3ccccc3)c1c1c3ccccc3n(-c3ccc4c(c3)C3(c5ccccc5-c5ccccc53)c3ccccc3-4)c21. The molecule has 0 N–H and O–H groups in total. The molecule has 0 fully saturated rings. The highest BCUT2D eigenvalue weighted by Gasteiger charge is 2.52. The number of hydrogen-bond donors (Lipinski definition) is 0. The topological polar surface area (TPSA) is 9.86 Å². The number of aromatic nitrogens is 2. The third-order valence-corrected chi connectivity index (χ3v) is 14.5. The van der Waals surface area contributed by atoms with Crippen LogP contribution in [-0.4, -0.2) is 9.13 Å². The highest BCUT2D eigenvalue weighted by Crippen LogP contribution is 2.64. The van der Waals surface area contributed by atoms with Crippen molar-refractivity contribution in [3.63, 3.8) is 0 Å². The zero-order valence-corrected chi connectivity index (χ0v) is 33.4. The predicted molar refractivity (Wildman–Crippen MR) is 249 cm³/mol. The minimum absolute atomic E-state index is 0.244. The molecule has 14 rings (SSSR count). The molecule has 60 heavy (non-hydrogen) atoms. The number of hydrogen-bond acceptors (Lipinski definition) is 0. The molecular weight excluding hydrogens is 725 g/mol. The summed E-state index contributed by atoms with van der Waals surface area (Å²) in [5, 5.41) is 5.20. The quantitative estimate of drug-likeness (QED) is 0.166. The maximum atomic E-state index is 2.62. The van der Waals surface area contributed by atoms with E-state index in [9.17, 15) is 0 Å². The molecule has 0 unspecified atom stereocenters. The van der Waals surface area contributed by atoms with Gasteiger partial charge in [-0.3, -0.25) is 0 Å². The Kier molecular flexibility index (Phi) is 6.07. The molecule has 280 valence electrons. The molecule has 2 heteroatoms. The third kappa shape index (κ3) is 3.69. The van der Waals surface area contributed by atoms with Crippen LogP contribution in [0.15, 0.2) is 194 Å². The van der Waals surface area contributed by atoms with Crippen molar-refractivity contribution in [3.8, 4) is 44.8 Å². The van der Waals surface area contributed by atoms with Crippen LogP contribution < -0.4 is 0 Å². The van der Waals surface area contributed by atoms with Crippen LogP contribution in [0.3, 0.4) is 0 Å². The first-order valence-corrected chi connectivity index (χ1v) is 21.2. The van der Waals surface area contributed by atoms with Crippen LogP contribution in [-0.2, 0) is 10.8 Å². The summed E-state index contributed by atoms with van der Waals surface area (Å²) in [7, 11) is 0.